The number of carbonyl (C=O) groups excluding carboxylic acids is 1. The quantitative estimate of drug-likeness (QED) is 0.781. The van der Waals surface area contributed by atoms with Crippen molar-refractivity contribution < 1.29 is 9.53 Å². The minimum absolute atomic E-state index is 0.0410. The molecule has 0 radical (unpaired) electrons. The Labute approximate surface area is 166 Å². The molecule has 1 saturated heterocycles. The highest BCUT2D eigenvalue weighted by atomic mass is 35.5. The van der Waals surface area contributed by atoms with Crippen LogP contribution in [0.4, 0.5) is 5.69 Å². The first kappa shape index (κ1) is 19.6. The Morgan fingerprint density at radius 1 is 1.07 bits per heavy atom. The molecule has 144 valence electrons. The molecule has 0 spiro atoms. The monoisotopic (exact) mass is 386 g/mol. The van der Waals surface area contributed by atoms with E-state index in [1.807, 2.05) is 49.9 Å². The van der Waals surface area contributed by atoms with Crippen molar-refractivity contribution in [3.8, 4) is 5.75 Å². The lowest BCUT2D eigenvalue weighted by atomic mass is 10.1. The van der Waals surface area contributed by atoms with Gasteiger partial charge in [-0.3, -0.25) is 4.79 Å². The summed E-state index contributed by atoms with van der Waals surface area (Å²) in [7, 11) is 0. The molecule has 27 heavy (non-hydrogen) atoms. The first-order valence-electron chi connectivity index (χ1n) is 9.39. The molecule has 0 aromatic heterocycles. The van der Waals surface area contributed by atoms with Crippen molar-refractivity contribution in [2.75, 3.05) is 31.1 Å². The highest BCUT2D eigenvalue weighted by molar-refractivity contribution is 6.30. The van der Waals surface area contributed by atoms with Crippen molar-refractivity contribution in [3.05, 3.63) is 58.1 Å². The van der Waals surface area contributed by atoms with E-state index in [0.29, 0.717) is 13.1 Å². The molecule has 3 rings (SSSR count). The third-order valence-corrected chi connectivity index (χ3v) is 5.42. The lowest BCUT2D eigenvalue weighted by molar-refractivity contribution is -0.138. The Hall–Kier alpha value is -2.20. The highest BCUT2D eigenvalue weighted by Crippen LogP contribution is 2.25. The van der Waals surface area contributed by atoms with Crippen LogP contribution in [-0.4, -0.2) is 43.1 Å². The van der Waals surface area contributed by atoms with Crippen LogP contribution in [0.5, 0.6) is 5.75 Å². The number of anilines is 1. The summed E-state index contributed by atoms with van der Waals surface area (Å²) in [6.45, 7) is 10.9. The number of halogens is 1. The third-order valence-electron chi connectivity index (χ3n) is 5.18. The van der Waals surface area contributed by atoms with Gasteiger partial charge >= 0.3 is 0 Å². The van der Waals surface area contributed by atoms with Gasteiger partial charge < -0.3 is 14.5 Å². The number of nitrogens with zero attached hydrogens (tertiary/aromatic N) is 2. The molecule has 0 unspecified atom stereocenters. The van der Waals surface area contributed by atoms with Crippen LogP contribution in [0.15, 0.2) is 36.4 Å². The number of rotatable bonds is 4. The van der Waals surface area contributed by atoms with E-state index in [1.165, 1.54) is 5.56 Å². The van der Waals surface area contributed by atoms with Gasteiger partial charge in [0.05, 0.1) is 0 Å². The van der Waals surface area contributed by atoms with Crippen LogP contribution >= 0.6 is 11.6 Å². The summed E-state index contributed by atoms with van der Waals surface area (Å²) in [5.74, 6) is 0.838. The van der Waals surface area contributed by atoms with Gasteiger partial charge in [-0.05, 0) is 68.7 Å². The smallest absolute Gasteiger partial charge is 0.263 e. The van der Waals surface area contributed by atoms with Gasteiger partial charge in [-0.2, -0.15) is 0 Å². The molecule has 1 fully saturated rings. The van der Waals surface area contributed by atoms with Crippen LogP contribution in [0, 0.1) is 20.8 Å². The summed E-state index contributed by atoms with van der Waals surface area (Å²) in [4.78, 5) is 17.0. The van der Waals surface area contributed by atoms with Crippen LogP contribution in [0.3, 0.4) is 0 Å². The van der Waals surface area contributed by atoms with Crippen LogP contribution in [0.2, 0.25) is 5.02 Å². The first-order chi connectivity index (χ1) is 12.8. The van der Waals surface area contributed by atoms with Gasteiger partial charge in [-0.15, -0.1) is 0 Å². The van der Waals surface area contributed by atoms with Crippen molar-refractivity contribution in [2.24, 2.45) is 0 Å². The SMILES string of the molecule is Cc1cc(C)c(C)c(O[C@@H](C)C(=O)N2CCN(c3cccc(Cl)c3)CC2)c1. The molecule has 1 atom stereocenters. The summed E-state index contributed by atoms with van der Waals surface area (Å²) < 4.78 is 6.03. The van der Waals surface area contributed by atoms with Crippen molar-refractivity contribution in [1.82, 2.24) is 4.90 Å². The zero-order valence-electron chi connectivity index (χ0n) is 16.5. The van der Waals surface area contributed by atoms with Gasteiger partial charge in [0.25, 0.3) is 5.91 Å². The molecule has 1 heterocycles. The lowest BCUT2D eigenvalue weighted by Gasteiger charge is -2.37. The number of hydrogen-bond acceptors (Lipinski definition) is 3. The maximum absolute atomic E-state index is 12.8. The zero-order chi connectivity index (χ0) is 19.6. The molecule has 2 aromatic carbocycles. The lowest BCUT2D eigenvalue weighted by Crippen LogP contribution is -2.52. The van der Waals surface area contributed by atoms with Crippen LogP contribution in [0.1, 0.15) is 23.6 Å². The normalized spacial score (nSPS) is 15.6. The van der Waals surface area contributed by atoms with Crippen LogP contribution in [-0.2, 0) is 4.79 Å². The second-order valence-corrected chi connectivity index (χ2v) is 7.69. The van der Waals surface area contributed by atoms with E-state index in [9.17, 15) is 4.79 Å². The van der Waals surface area contributed by atoms with E-state index >= 15 is 0 Å². The topological polar surface area (TPSA) is 32.8 Å². The Kier molecular flexibility index (Phi) is 5.95. The Bertz CT molecular complexity index is 829. The Morgan fingerprint density at radius 3 is 2.44 bits per heavy atom. The molecule has 1 aliphatic heterocycles. The van der Waals surface area contributed by atoms with Gasteiger partial charge in [0.2, 0.25) is 0 Å². The largest absolute Gasteiger partial charge is 0.481 e. The predicted molar refractivity (Wildman–Crippen MR) is 111 cm³/mol. The molecule has 0 N–H and O–H groups in total. The predicted octanol–water partition coefficient (Wildman–Crippen LogP) is 4.38. The Morgan fingerprint density at radius 2 is 1.78 bits per heavy atom. The maximum atomic E-state index is 12.8. The fourth-order valence-electron chi connectivity index (χ4n) is 3.48. The molecule has 1 amide bonds. The molecular weight excluding hydrogens is 360 g/mol. The Balaban J connectivity index is 1.60. The fourth-order valence-corrected chi connectivity index (χ4v) is 3.66. The van der Waals surface area contributed by atoms with E-state index in [4.69, 9.17) is 16.3 Å². The van der Waals surface area contributed by atoms with E-state index in [1.54, 1.807) is 0 Å². The third kappa shape index (κ3) is 4.56. The van der Waals surface area contributed by atoms with Crippen molar-refractivity contribution >= 4 is 23.2 Å². The number of hydrogen-bond donors (Lipinski definition) is 0. The summed E-state index contributed by atoms with van der Waals surface area (Å²) >= 11 is 6.09. The number of ether oxygens (including phenoxy) is 1. The first-order valence-corrected chi connectivity index (χ1v) is 9.77. The zero-order valence-corrected chi connectivity index (χ0v) is 17.2. The molecular formula is C22H27ClN2O2. The van der Waals surface area contributed by atoms with E-state index in [0.717, 1.165) is 40.7 Å². The minimum atomic E-state index is -0.498. The average Bonchev–Trinajstić information content (AvgIpc) is 2.65. The van der Waals surface area contributed by atoms with E-state index < -0.39 is 6.10 Å². The molecule has 0 saturated carbocycles. The van der Waals surface area contributed by atoms with Gasteiger partial charge in [0.15, 0.2) is 6.10 Å². The summed E-state index contributed by atoms with van der Waals surface area (Å²) in [5.41, 5.74) is 4.51. The minimum Gasteiger partial charge on any atom is -0.481 e. The maximum Gasteiger partial charge on any atom is 0.263 e. The van der Waals surface area contributed by atoms with E-state index in [-0.39, 0.29) is 5.91 Å². The molecule has 1 aliphatic rings. The highest BCUT2D eigenvalue weighted by Gasteiger charge is 2.26. The van der Waals surface area contributed by atoms with Gasteiger partial charge in [-0.1, -0.05) is 23.7 Å². The standard InChI is InChI=1S/C22H27ClN2O2/c1-15-12-16(2)17(3)21(13-15)27-18(4)22(26)25-10-8-24(9-11-25)20-7-5-6-19(23)14-20/h5-7,12-14,18H,8-11H2,1-4H3/t18-/m0/s1. The molecule has 0 bridgehead atoms. The fraction of sp³-hybridized carbons (Fsp3) is 0.409. The van der Waals surface area contributed by atoms with Crippen LogP contribution < -0.4 is 9.64 Å². The van der Waals surface area contributed by atoms with Crippen molar-refractivity contribution in [1.29, 1.82) is 0 Å². The van der Waals surface area contributed by atoms with Gasteiger partial charge in [0.1, 0.15) is 5.75 Å². The number of carbonyl (C=O) groups is 1. The van der Waals surface area contributed by atoms with Crippen molar-refractivity contribution in [2.45, 2.75) is 33.8 Å². The van der Waals surface area contributed by atoms with Crippen molar-refractivity contribution in [3.63, 3.8) is 0 Å². The average molecular weight is 387 g/mol. The number of amides is 1. The van der Waals surface area contributed by atoms with Gasteiger partial charge in [-0.25, -0.2) is 0 Å². The van der Waals surface area contributed by atoms with Gasteiger partial charge in [0, 0.05) is 36.9 Å². The molecule has 5 heteroatoms. The summed E-state index contributed by atoms with van der Waals surface area (Å²) in [6, 6.07) is 12.0. The molecule has 4 nitrogen and oxygen atoms in total. The summed E-state index contributed by atoms with van der Waals surface area (Å²) in [5, 5.41) is 0.733. The molecule has 0 aliphatic carbocycles. The second kappa shape index (κ2) is 8.22. The number of benzene rings is 2. The number of piperazine rings is 1. The van der Waals surface area contributed by atoms with Crippen LogP contribution in [0.25, 0.3) is 0 Å². The summed E-state index contributed by atoms with van der Waals surface area (Å²) in [6.07, 6.45) is -0.498. The molecule has 2 aromatic rings. The van der Waals surface area contributed by atoms with E-state index in [2.05, 4.69) is 24.0 Å². The second-order valence-electron chi connectivity index (χ2n) is 7.26. The number of aryl methyl sites for hydroxylation is 2.